The molecular weight excluding hydrogens is 470 g/mol. The van der Waals surface area contributed by atoms with Crippen LogP contribution in [-0.4, -0.2) is 40.3 Å². The first-order valence-electron chi connectivity index (χ1n) is 10.8. The quantitative estimate of drug-likeness (QED) is 0.415. The lowest BCUT2D eigenvalue weighted by molar-refractivity contribution is 0.0954. The predicted octanol–water partition coefficient (Wildman–Crippen LogP) is 4.34. The molecule has 2 N–H and O–H groups in total. The molecular formula is C24H23N5O3S2. The van der Waals surface area contributed by atoms with Gasteiger partial charge in [-0.25, -0.2) is 9.97 Å². The van der Waals surface area contributed by atoms with Crippen LogP contribution in [0.15, 0.2) is 47.0 Å². The number of benzene rings is 1. The van der Waals surface area contributed by atoms with Gasteiger partial charge in [0.15, 0.2) is 16.8 Å². The number of amides is 2. The Kier molecular flexibility index (Phi) is 6.27. The summed E-state index contributed by atoms with van der Waals surface area (Å²) in [6, 6.07) is 10.8. The number of hydrogen-bond donors (Lipinski definition) is 2. The molecule has 0 saturated carbocycles. The van der Waals surface area contributed by atoms with Gasteiger partial charge >= 0.3 is 0 Å². The monoisotopic (exact) mass is 493 g/mol. The summed E-state index contributed by atoms with van der Waals surface area (Å²) in [4.78, 5) is 39.0. The maximum absolute atomic E-state index is 12.8. The smallest absolute Gasteiger partial charge is 0.261 e. The summed E-state index contributed by atoms with van der Waals surface area (Å²) in [6.07, 6.45) is 2.55. The van der Waals surface area contributed by atoms with E-state index in [9.17, 15) is 9.59 Å². The van der Waals surface area contributed by atoms with E-state index in [0.717, 1.165) is 35.6 Å². The molecule has 10 heteroatoms. The molecule has 0 spiro atoms. The Morgan fingerprint density at radius 1 is 1.18 bits per heavy atom. The Bertz CT molecular complexity index is 1360. The molecule has 0 atom stereocenters. The third kappa shape index (κ3) is 4.93. The van der Waals surface area contributed by atoms with Crippen LogP contribution < -0.4 is 10.6 Å². The molecule has 1 aromatic carbocycles. The summed E-state index contributed by atoms with van der Waals surface area (Å²) in [6.45, 7) is 3.93. The first-order chi connectivity index (χ1) is 16.4. The van der Waals surface area contributed by atoms with E-state index in [1.165, 1.54) is 27.6 Å². The first-order valence-corrected chi connectivity index (χ1v) is 12.5. The van der Waals surface area contributed by atoms with Crippen molar-refractivity contribution in [3.8, 4) is 10.6 Å². The Labute approximate surface area is 204 Å². The molecule has 4 aromatic rings. The van der Waals surface area contributed by atoms with Crippen LogP contribution in [0.3, 0.4) is 0 Å². The lowest BCUT2D eigenvalue weighted by Gasteiger charge is -2.20. The van der Waals surface area contributed by atoms with Gasteiger partial charge in [-0.1, -0.05) is 12.1 Å². The molecule has 0 fully saturated rings. The number of oxazole rings is 1. The molecule has 4 heterocycles. The normalized spacial score (nSPS) is 13.5. The second-order valence-corrected chi connectivity index (χ2v) is 10.3. The largest absolute Gasteiger partial charge is 0.440 e. The van der Waals surface area contributed by atoms with Crippen molar-refractivity contribution in [1.29, 1.82) is 0 Å². The summed E-state index contributed by atoms with van der Waals surface area (Å²) >= 11 is 2.87. The van der Waals surface area contributed by atoms with Crippen molar-refractivity contribution in [3.63, 3.8) is 0 Å². The number of aryl methyl sites for hydroxylation is 1. The first kappa shape index (κ1) is 22.5. The van der Waals surface area contributed by atoms with E-state index in [1.54, 1.807) is 31.3 Å². The van der Waals surface area contributed by atoms with E-state index in [4.69, 9.17) is 4.42 Å². The van der Waals surface area contributed by atoms with Crippen molar-refractivity contribution in [2.24, 2.45) is 0 Å². The van der Waals surface area contributed by atoms with E-state index in [1.807, 2.05) is 18.2 Å². The molecule has 0 radical (unpaired) electrons. The number of nitrogens with one attached hydrogen (secondary N) is 2. The number of likely N-dealkylation sites (N-methyl/N-ethyl adjacent to an activating group) is 1. The summed E-state index contributed by atoms with van der Waals surface area (Å²) < 4.78 is 5.52. The number of aromatic nitrogens is 2. The summed E-state index contributed by atoms with van der Waals surface area (Å²) in [5.41, 5.74) is 2.44. The third-order valence-electron chi connectivity index (χ3n) is 5.48. The molecule has 1 aliphatic rings. The second kappa shape index (κ2) is 9.49. The number of nitrogens with zero attached hydrogens (tertiary/aromatic N) is 3. The number of fused-ring (bicyclic) bond motifs is 1. The van der Waals surface area contributed by atoms with E-state index in [-0.39, 0.29) is 11.8 Å². The van der Waals surface area contributed by atoms with Crippen molar-refractivity contribution in [2.45, 2.75) is 26.4 Å². The van der Waals surface area contributed by atoms with Crippen LogP contribution >= 0.6 is 22.7 Å². The Morgan fingerprint density at radius 3 is 2.88 bits per heavy atom. The van der Waals surface area contributed by atoms with Gasteiger partial charge in [0, 0.05) is 43.4 Å². The van der Waals surface area contributed by atoms with Crippen molar-refractivity contribution in [3.05, 3.63) is 75.1 Å². The van der Waals surface area contributed by atoms with Crippen LogP contribution in [0.25, 0.3) is 10.6 Å². The van der Waals surface area contributed by atoms with E-state index in [0.29, 0.717) is 33.8 Å². The summed E-state index contributed by atoms with van der Waals surface area (Å²) in [7, 11) is 2.08. The van der Waals surface area contributed by atoms with Gasteiger partial charge in [-0.3, -0.25) is 14.9 Å². The number of carbonyl (C=O) groups excluding carboxylic acids is 2. The average Bonchev–Trinajstić information content (AvgIpc) is 3.56. The van der Waals surface area contributed by atoms with E-state index in [2.05, 4.69) is 32.5 Å². The zero-order valence-electron chi connectivity index (χ0n) is 18.8. The van der Waals surface area contributed by atoms with Crippen LogP contribution in [-0.2, 0) is 19.5 Å². The van der Waals surface area contributed by atoms with Gasteiger partial charge in [-0.15, -0.1) is 22.7 Å². The maximum Gasteiger partial charge on any atom is 0.261 e. The molecule has 3 aromatic heterocycles. The maximum atomic E-state index is 12.8. The molecule has 0 bridgehead atoms. The van der Waals surface area contributed by atoms with Crippen molar-refractivity contribution in [1.82, 2.24) is 20.2 Å². The number of thiophene rings is 1. The van der Waals surface area contributed by atoms with Crippen LogP contribution in [0.5, 0.6) is 0 Å². The second-order valence-electron chi connectivity index (χ2n) is 8.12. The summed E-state index contributed by atoms with van der Waals surface area (Å²) in [5, 5.41) is 6.46. The van der Waals surface area contributed by atoms with Gasteiger partial charge in [-0.2, -0.15) is 0 Å². The molecule has 2 amide bonds. The highest BCUT2D eigenvalue weighted by Crippen LogP contribution is 2.29. The highest BCUT2D eigenvalue weighted by atomic mass is 32.1. The van der Waals surface area contributed by atoms with Gasteiger partial charge < -0.3 is 14.6 Å². The SMILES string of the molecule is Cc1ncc(-c2ccc(C(=O)NCc3cccc(C(=O)Nc4nc5c(s4)CN(C)CC5)c3)s2)o1. The molecule has 34 heavy (non-hydrogen) atoms. The van der Waals surface area contributed by atoms with Crippen LogP contribution in [0.4, 0.5) is 5.13 Å². The number of anilines is 1. The molecule has 0 unspecified atom stereocenters. The van der Waals surface area contributed by atoms with E-state index < -0.39 is 0 Å². The molecule has 1 aliphatic heterocycles. The zero-order valence-corrected chi connectivity index (χ0v) is 20.4. The van der Waals surface area contributed by atoms with Crippen molar-refractivity contribution >= 4 is 39.6 Å². The Morgan fingerprint density at radius 2 is 2.06 bits per heavy atom. The van der Waals surface area contributed by atoms with Crippen LogP contribution in [0.2, 0.25) is 0 Å². The Balaban J connectivity index is 1.20. The zero-order chi connectivity index (χ0) is 23.7. The van der Waals surface area contributed by atoms with Gasteiger partial charge in [-0.05, 0) is 36.9 Å². The fourth-order valence-corrected chi connectivity index (χ4v) is 5.66. The average molecular weight is 494 g/mol. The Hall–Kier alpha value is -3.34. The van der Waals surface area contributed by atoms with Gasteiger partial charge in [0.1, 0.15) is 0 Å². The summed E-state index contributed by atoms with van der Waals surface area (Å²) in [5.74, 6) is 0.840. The molecule has 0 aliphatic carbocycles. The molecule has 8 nitrogen and oxygen atoms in total. The minimum Gasteiger partial charge on any atom is -0.440 e. The van der Waals surface area contributed by atoms with Gasteiger partial charge in [0.05, 0.1) is 21.6 Å². The topological polar surface area (TPSA) is 100 Å². The third-order valence-corrected chi connectivity index (χ3v) is 7.58. The highest BCUT2D eigenvalue weighted by molar-refractivity contribution is 7.17. The van der Waals surface area contributed by atoms with Gasteiger partial charge in [0.25, 0.3) is 11.8 Å². The van der Waals surface area contributed by atoms with Crippen molar-refractivity contribution in [2.75, 3.05) is 18.9 Å². The molecule has 0 saturated heterocycles. The standard InChI is InChI=1S/C24H23N5O3S2/c1-14-25-12-18(32-14)19-6-7-20(33-19)23(31)26-11-15-4-3-5-16(10-15)22(30)28-24-27-17-8-9-29(2)13-21(17)34-24/h3-7,10,12H,8-9,11,13H2,1-2H3,(H,26,31)(H,27,28,30). The van der Waals surface area contributed by atoms with Crippen molar-refractivity contribution < 1.29 is 14.0 Å². The minimum atomic E-state index is -0.210. The predicted molar refractivity (Wildman–Crippen MR) is 132 cm³/mol. The lowest BCUT2D eigenvalue weighted by Crippen LogP contribution is -2.25. The fourth-order valence-electron chi connectivity index (χ4n) is 3.71. The number of rotatable bonds is 6. The number of hydrogen-bond acceptors (Lipinski definition) is 8. The van der Waals surface area contributed by atoms with Crippen LogP contribution in [0.1, 0.15) is 42.1 Å². The lowest BCUT2D eigenvalue weighted by atomic mass is 10.1. The van der Waals surface area contributed by atoms with Gasteiger partial charge in [0.2, 0.25) is 0 Å². The fraction of sp³-hybridized carbons (Fsp3) is 0.250. The molecule has 5 rings (SSSR count). The minimum absolute atomic E-state index is 0.180. The number of carbonyl (C=O) groups is 2. The molecule has 174 valence electrons. The highest BCUT2D eigenvalue weighted by Gasteiger charge is 2.19. The van der Waals surface area contributed by atoms with E-state index >= 15 is 0 Å². The number of thiazole rings is 1. The van der Waals surface area contributed by atoms with Crippen LogP contribution in [0, 0.1) is 6.92 Å².